The topological polar surface area (TPSA) is 135 Å². The SMILES string of the molecule is CCC/C(C(=N)c1ccnc(N2CCCN(C3CCOCC3)CC2)n1)=C(/O)[C@H]1CCCc2sc(N)c(C#N)c21. The van der Waals surface area contributed by atoms with E-state index in [1.54, 1.807) is 12.3 Å². The molecule has 3 aliphatic rings. The number of rotatable bonds is 7. The van der Waals surface area contributed by atoms with Gasteiger partial charge in [-0.2, -0.15) is 5.26 Å². The lowest BCUT2D eigenvalue weighted by molar-refractivity contribution is 0.0365. The number of aryl methyl sites for hydroxylation is 1. The maximum atomic E-state index is 11.6. The summed E-state index contributed by atoms with van der Waals surface area (Å²) in [6.07, 6.45) is 8.80. The largest absolute Gasteiger partial charge is 0.511 e. The van der Waals surface area contributed by atoms with Crippen LogP contribution in [0, 0.1) is 16.7 Å². The van der Waals surface area contributed by atoms with Crippen molar-refractivity contribution in [3.8, 4) is 6.07 Å². The van der Waals surface area contributed by atoms with Crippen molar-refractivity contribution in [2.75, 3.05) is 50.0 Å². The fraction of sp³-hybridized carbons (Fsp3) is 0.586. The quantitative estimate of drug-likeness (QED) is 0.332. The van der Waals surface area contributed by atoms with E-state index < -0.39 is 0 Å². The smallest absolute Gasteiger partial charge is 0.225 e. The Morgan fingerprint density at radius 3 is 2.82 bits per heavy atom. The van der Waals surface area contributed by atoms with Gasteiger partial charge in [0.25, 0.3) is 0 Å². The summed E-state index contributed by atoms with van der Waals surface area (Å²) in [5.41, 5.74) is 8.83. The summed E-state index contributed by atoms with van der Waals surface area (Å²) in [5.74, 6) is 0.500. The van der Waals surface area contributed by atoms with Gasteiger partial charge in [-0.15, -0.1) is 11.3 Å². The van der Waals surface area contributed by atoms with Crippen LogP contribution < -0.4 is 10.6 Å². The molecule has 0 bridgehead atoms. The van der Waals surface area contributed by atoms with E-state index in [2.05, 4.69) is 20.9 Å². The number of hydrogen-bond donors (Lipinski definition) is 3. The zero-order valence-electron chi connectivity index (χ0n) is 22.8. The number of aliphatic hydroxyl groups is 1. The molecule has 0 spiro atoms. The molecule has 5 rings (SSSR count). The van der Waals surface area contributed by atoms with E-state index in [-0.39, 0.29) is 17.4 Å². The lowest BCUT2D eigenvalue weighted by atomic mass is 9.81. The summed E-state index contributed by atoms with van der Waals surface area (Å²) in [6, 6.07) is 4.60. The lowest BCUT2D eigenvalue weighted by Gasteiger charge is -2.33. The molecule has 2 saturated heterocycles. The highest BCUT2D eigenvalue weighted by molar-refractivity contribution is 7.16. The first-order valence-corrected chi connectivity index (χ1v) is 15.1. The highest BCUT2D eigenvalue weighted by Crippen LogP contribution is 2.45. The molecule has 9 nitrogen and oxygen atoms in total. The van der Waals surface area contributed by atoms with E-state index >= 15 is 0 Å². The molecule has 1 aliphatic carbocycles. The number of thiophene rings is 1. The monoisotopic (exact) mass is 549 g/mol. The van der Waals surface area contributed by atoms with Crippen LogP contribution in [-0.2, 0) is 11.2 Å². The first-order chi connectivity index (χ1) is 19.0. The number of nitrogens with two attached hydrogens (primary N) is 1. The molecule has 0 amide bonds. The molecule has 1 atom stereocenters. The highest BCUT2D eigenvalue weighted by atomic mass is 32.1. The number of anilines is 2. The molecule has 4 N–H and O–H groups in total. The van der Waals surface area contributed by atoms with Gasteiger partial charge in [-0.3, -0.25) is 10.3 Å². The van der Waals surface area contributed by atoms with Crippen molar-refractivity contribution in [3.63, 3.8) is 0 Å². The summed E-state index contributed by atoms with van der Waals surface area (Å²) in [4.78, 5) is 15.3. The number of nitrogen functional groups attached to an aromatic ring is 1. The predicted molar refractivity (Wildman–Crippen MR) is 155 cm³/mol. The van der Waals surface area contributed by atoms with Crippen LogP contribution in [0.3, 0.4) is 0 Å². The molecule has 2 aromatic rings. The number of ether oxygens (including phenoxy) is 1. The van der Waals surface area contributed by atoms with Gasteiger partial charge in [0.1, 0.15) is 16.8 Å². The number of aromatic nitrogens is 2. The molecular weight excluding hydrogens is 510 g/mol. The Hall–Kier alpha value is -3.00. The summed E-state index contributed by atoms with van der Waals surface area (Å²) >= 11 is 1.45. The van der Waals surface area contributed by atoms with Crippen LogP contribution in [-0.4, -0.2) is 71.1 Å². The number of nitrogens with zero attached hydrogens (tertiary/aromatic N) is 5. The predicted octanol–water partition coefficient (Wildman–Crippen LogP) is 4.78. The van der Waals surface area contributed by atoms with Crippen molar-refractivity contribution in [2.24, 2.45) is 0 Å². The maximum absolute atomic E-state index is 11.6. The first-order valence-electron chi connectivity index (χ1n) is 14.2. The van der Waals surface area contributed by atoms with Crippen molar-refractivity contribution in [2.45, 2.75) is 70.3 Å². The average Bonchev–Trinajstić information content (AvgIpc) is 3.12. The molecule has 0 radical (unpaired) electrons. The second kappa shape index (κ2) is 12.5. The molecule has 2 aliphatic heterocycles. The second-order valence-electron chi connectivity index (χ2n) is 10.7. The van der Waals surface area contributed by atoms with Gasteiger partial charge >= 0.3 is 0 Å². The minimum Gasteiger partial charge on any atom is -0.511 e. The Labute approximate surface area is 234 Å². The van der Waals surface area contributed by atoms with Crippen LogP contribution in [0.5, 0.6) is 0 Å². The van der Waals surface area contributed by atoms with Crippen molar-refractivity contribution in [1.29, 1.82) is 10.7 Å². The Kier molecular flexibility index (Phi) is 8.80. The summed E-state index contributed by atoms with van der Waals surface area (Å²) in [5, 5.41) is 31.0. The third kappa shape index (κ3) is 5.81. The fourth-order valence-electron chi connectivity index (χ4n) is 6.25. The van der Waals surface area contributed by atoms with E-state index in [0.717, 1.165) is 94.8 Å². The fourth-order valence-corrected chi connectivity index (χ4v) is 7.38. The van der Waals surface area contributed by atoms with Crippen LogP contribution in [0.4, 0.5) is 10.9 Å². The first kappa shape index (κ1) is 27.6. The summed E-state index contributed by atoms with van der Waals surface area (Å²) in [6.45, 7) is 7.49. The Balaban J connectivity index is 1.38. The average molecular weight is 550 g/mol. The van der Waals surface area contributed by atoms with Crippen molar-refractivity contribution < 1.29 is 9.84 Å². The van der Waals surface area contributed by atoms with Gasteiger partial charge < -0.3 is 20.5 Å². The van der Waals surface area contributed by atoms with Gasteiger partial charge in [0.15, 0.2) is 0 Å². The van der Waals surface area contributed by atoms with Gasteiger partial charge in [0, 0.05) is 68.0 Å². The summed E-state index contributed by atoms with van der Waals surface area (Å²) in [7, 11) is 0. The van der Waals surface area contributed by atoms with Crippen LogP contribution >= 0.6 is 11.3 Å². The zero-order valence-corrected chi connectivity index (χ0v) is 23.6. The minimum atomic E-state index is -0.318. The van der Waals surface area contributed by atoms with Crippen LogP contribution in [0.25, 0.3) is 0 Å². The standard InChI is InChI=1S/C29H39N7O2S/c1-2-5-21(27(37)20-6-3-7-24-25(20)22(18-30)28(32)39-24)26(31)23-8-11-33-29(34-23)36-13-4-12-35(14-15-36)19-9-16-38-17-10-19/h8,11,19-20,31,37H,2-7,9-10,12-17,32H2,1H3/b27-21-,31-26?/t20-/m0/s1. The molecule has 39 heavy (non-hydrogen) atoms. The number of nitriles is 1. The van der Waals surface area contributed by atoms with E-state index in [0.29, 0.717) is 40.2 Å². The number of fused-ring (bicyclic) bond motifs is 1. The molecular formula is C29H39N7O2S. The van der Waals surface area contributed by atoms with E-state index in [1.807, 2.05) is 6.92 Å². The molecule has 2 fully saturated rings. The highest BCUT2D eigenvalue weighted by Gasteiger charge is 2.32. The van der Waals surface area contributed by atoms with E-state index in [4.69, 9.17) is 20.9 Å². The maximum Gasteiger partial charge on any atom is 0.225 e. The van der Waals surface area contributed by atoms with Crippen LogP contribution in [0.15, 0.2) is 23.6 Å². The minimum absolute atomic E-state index is 0.180. The van der Waals surface area contributed by atoms with Gasteiger partial charge in [-0.25, -0.2) is 9.97 Å². The van der Waals surface area contributed by atoms with E-state index in [1.165, 1.54) is 11.3 Å². The Morgan fingerprint density at radius 1 is 1.23 bits per heavy atom. The van der Waals surface area contributed by atoms with Crippen molar-refractivity contribution in [3.05, 3.63) is 45.3 Å². The lowest BCUT2D eigenvalue weighted by Crippen LogP contribution is -2.41. The molecule has 208 valence electrons. The Bertz CT molecular complexity index is 1260. The normalized spacial score (nSPS) is 21.5. The number of hydrogen-bond acceptors (Lipinski definition) is 10. The molecule has 10 heteroatoms. The molecule has 4 heterocycles. The van der Waals surface area contributed by atoms with Crippen LogP contribution in [0.2, 0.25) is 0 Å². The summed E-state index contributed by atoms with van der Waals surface area (Å²) < 4.78 is 5.55. The van der Waals surface area contributed by atoms with Gasteiger partial charge in [0.05, 0.1) is 17.0 Å². The molecule has 0 unspecified atom stereocenters. The van der Waals surface area contributed by atoms with Gasteiger partial charge in [-0.05, 0) is 56.6 Å². The van der Waals surface area contributed by atoms with Crippen LogP contribution in [0.1, 0.15) is 79.5 Å². The zero-order chi connectivity index (χ0) is 27.4. The number of nitrogens with one attached hydrogen (secondary N) is 1. The molecule has 2 aromatic heterocycles. The molecule has 0 saturated carbocycles. The van der Waals surface area contributed by atoms with Crippen molar-refractivity contribution in [1.82, 2.24) is 14.9 Å². The van der Waals surface area contributed by atoms with Gasteiger partial charge in [-0.1, -0.05) is 13.3 Å². The van der Waals surface area contributed by atoms with E-state index in [9.17, 15) is 10.4 Å². The Morgan fingerprint density at radius 2 is 2.05 bits per heavy atom. The third-order valence-electron chi connectivity index (χ3n) is 8.27. The second-order valence-corrected chi connectivity index (χ2v) is 11.8. The van der Waals surface area contributed by atoms with Gasteiger partial charge in [0.2, 0.25) is 5.95 Å². The molecule has 0 aromatic carbocycles. The number of aliphatic hydroxyl groups excluding tert-OH is 1. The van der Waals surface area contributed by atoms with Crippen molar-refractivity contribution >= 4 is 28.0 Å². The third-order valence-corrected chi connectivity index (χ3v) is 9.36. The number of allylic oxidation sites excluding steroid dienone is 2.